The minimum Gasteiger partial charge on any atom is -0.369 e. The van der Waals surface area contributed by atoms with Crippen molar-refractivity contribution in [1.29, 1.82) is 0 Å². The van der Waals surface area contributed by atoms with E-state index >= 15 is 0 Å². The number of rotatable bonds is 5. The Hall–Kier alpha value is -1.63. The summed E-state index contributed by atoms with van der Waals surface area (Å²) < 4.78 is 22.9. The summed E-state index contributed by atoms with van der Waals surface area (Å²) in [6, 6.07) is 3.99. The summed E-state index contributed by atoms with van der Waals surface area (Å²) in [7, 11) is -1.69. The molecule has 0 aliphatic carbocycles. The van der Waals surface area contributed by atoms with Gasteiger partial charge in [0.15, 0.2) is 9.84 Å². The van der Waals surface area contributed by atoms with Crippen LogP contribution in [0.25, 0.3) is 0 Å². The van der Waals surface area contributed by atoms with E-state index in [9.17, 15) is 18.5 Å². The highest BCUT2D eigenvalue weighted by Crippen LogP contribution is 2.30. The molecule has 1 aromatic rings. The van der Waals surface area contributed by atoms with Crippen molar-refractivity contribution in [2.24, 2.45) is 5.92 Å². The quantitative estimate of drug-likeness (QED) is 0.611. The zero-order valence-electron chi connectivity index (χ0n) is 11.5. The fraction of sp³-hybridized carbons (Fsp3) is 0.500. The molecular weight excluding hydrogens is 268 g/mol. The smallest absolute Gasteiger partial charge is 0.293 e. The number of benzene rings is 1. The van der Waals surface area contributed by atoms with Crippen LogP contribution in [0.2, 0.25) is 0 Å². The minimum absolute atomic E-state index is 0.0408. The monoisotopic (exact) mass is 286 g/mol. The Balaban J connectivity index is 3.31. The summed E-state index contributed by atoms with van der Waals surface area (Å²) in [4.78, 5) is 12.2. The Morgan fingerprint density at radius 1 is 1.37 bits per heavy atom. The number of hydrogen-bond donors (Lipinski definition) is 0. The van der Waals surface area contributed by atoms with Gasteiger partial charge in [-0.15, -0.1) is 0 Å². The zero-order valence-corrected chi connectivity index (χ0v) is 12.3. The second-order valence-electron chi connectivity index (χ2n) is 4.95. The van der Waals surface area contributed by atoms with Gasteiger partial charge in [0.2, 0.25) is 0 Å². The highest BCUT2D eigenvalue weighted by Gasteiger charge is 2.21. The van der Waals surface area contributed by atoms with Crippen LogP contribution < -0.4 is 4.90 Å². The van der Waals surface area contributed by atoms with Crippen molar-refractivity contribution in [2.45, 2.75) is 18.7 Å². The number of anilines is 1. The van der Waals surface area contributed by atoms with Crippen LogP contribution in [0, 0.1) is 16.0 Å². The third kappa shape index (κ3) is 3.92. The molecule has 0 atom stereocenters. The van der Waals surface area contributed by atoms with Gasteiger partial charge in [0.1, 0.15) is 5.69 Å². The van der Waals surface area contributed by atoms with Crippen LogP contribution in [0.15, 0.2) is 23.1 Å². The molecule has 0 saturated heterocycles. The molecular formula is C12H18N2O4S. The first kappa shape index (κ1) is 15.4. The lowest BCUT2D eigenvalue weighted by Crippen LogP contribution is -2.23. The SMILES string of the molecule is CC(C)CN(C)c1ccc(S(C)(=O)=O)cc1[N+](=O)[O-]. The Bertz CT molecular complexity index is 581. The lowest BCUT2D eigenvalue weighted by Gasteiger charge is -2.21. The Kier molecular flexibility index (Phi) is 4.52. The molecule has 0 aliphatic rings. The van der Waals surface area contributed by atoms with Gasteiger partial charge in [0.25, 0.3) is 5.69 Å². The predicted octanol–water partition coefficient (Wildman–Crippen LogP) is 2.09. The van der Waals surface area contributed by atoms with Gasteiger partial charge >= 0.3 is 0 Å². The van der Waals surface area contributed by atoms with Crippen molar-refractivity contribution < 1.29 is 13.3 Å². The van der Waals surface area contributed by atoms with Crippen molar-refractivity contribution in [1.82, 2.24) is 0 Å². The van der Waals surface area contributed by atoms with Crippen molar-refractivity contribution >= 4 is 21.2 Å². The number of hydrogen-bond acceptors (Lipinski definition) is 5. The molecule has 0 bridgehead atoms. The maximum absolute atomic E-state index is 11.4. The van der Waals surface area contributed by atoms with E-state index in [2.05, 4.69) is 0 Å². The van der Waals surface area contributed by atoms with Crippen LogP contribution in [-0.2, 0) is 9.84 Å². The van der Waals surface area contributed by atoms with E-state index < -0.39 is 14.8 Å². The molecule has 6 nitrogen and oxygen atoms in total. The average Bonchev–Trinajstić information content (AvgIpc) is 2.25. The van der Waals surface area contributed by atoms with Crippen LogP contribution in [0.4, 0.5) is 11.4 Å². The molecule has 0 N–H and O–H groups in total. The predicted molar refractivity (Wildman–Crippen MR) is 74.3 cm³/mol. The van der Waals surface area contributed by atoms with Crippen molar-refractivity contribution in [3.8, 4) is 0 Å². The molecule has 0 saturated carbocycles. The first-order valence-electron chi connectivity index (χ1n) is 5.82. The molecule has 1 rings (SSSR count). The summed E-state index contributed by atoms with van der Waals surface area (Å²) in [5.41, 5.74) is 0.233. The van der Waals surface area contributed by atoms with E-state index in [0.29, 0.717) is 18.2 Å². The molecule has 0 fully saturated rings. The van der Waals surface area contributed by atoms with Gasteiger partial charge in [-0.2, -0.15) is 0 Å². The molecule has 0 unspecified atom stereocenters. The fourth-order valence-electron chi connectivity index (χ4n) is 1.85. The van der Waals surface area contributed by atoms with Crippen LogP contribution in [0.5, 0.6) is 0 Å². The standard InChI is InChI=1S/C12H18N2O4S/c1-9(2)8-13(3)11-6-5-10(19(4,17)18)7-12(11)14(15)16/h5-7,9H,8H2,1-4H3. The summed E-state index contributed by atoms with van der Waals surface area (Å²) in [5.74, 6) is 0.346. The second-order valence-corrected chi connectivity index (χ2v) is 6.97. The van der Waals surface area contributed by atoms with Gasteiger partial charge in [-0.1, -0.05) is 13.8 Å². The highest BCUT2D eigenvalue weighted by atomic mass is 32.2. The van der Waals surface area contributed by atoms with Crippen molar-refractivity contribution in [3.05, 3.63) is 28.3 Å². The molecule has 0 aliphatic heterocycles. The highest BCUT2D eigenvalue weighted by molar-refractivity contribution is 7.90. The molecule has 0 amide bonds. The van der Waals surface area contributed by atoms with Crippen LogP contribution in [0.1, 0.15) is 13.8 Å². The molecule has 0 heterocycles. The number of nitro benzene ring substituents is 1. The summed E-state index contributed by atoms with van der Waals surface area (Å²) in [6.45, 7) is 4.67. The Morgan fingerprint density at radius 3 is 2.37 bits per heavy atom. The summed E-state index contributed by atoms with van der Waals surface area (Å²) in [5, 5.41) is 11.1. The van der Waals surface area contributed by atoms with Gasteiger partial charge in [0.05, 0.1) is 9.82 Å². The van der Waals surface area contributed by atoms with Gasteiger partial charge in [0, 0.05) is 25.9 Å². The van der Waals surface area contributed by atoms with E-state index in [4.69, 9.17) is 0 Å². The van der Waals surface area contributed by atoms with E-state index in [1.807, 2.05) is 13.8 Å². The normalized spacial score (nSPS) is 11.6. The third-order valence-electron chi connectivity index (χ3n) is 2.62. The van der Waals surface area contributed by atoms with E-state index in [1.165, 1.54) is 12.1 Å². The van der Waals surface area contributed by atoms with Gasteiger partial charge in [-0.05, 0) is 18.1 Å². The topological polar surface area (TPSA) is 80.5 Å². The first-order chi connectivity index (χ1) is 8.62. The van der Waals surface area contributed by atoms with Crippen LogP contribution in [-0.4, -0.2) is 33.2 Å². The summed E-state index contributed by atoms with van der Waals surface area (Å²) >= 11 is 0. The lowest BCUT2D eigenvalue weighted by molar-refractivity contribution is -0.384. The maximum Gasteiger partial charge on any atom is 0.293 e. The first-order valence-corrected chi connectivity index (χ1v) is 7.71. The molecule has 19 heavy (non-hydrogen) atoms. The third-order valence-corrected chi connectivity index (χ3v) is 3.73. The molecule has 1 aromatic carbocycles. The number of nitro groups is 1. The van der Waals surface area contributed by atoms with E-state index in [-0.39, 0.29) is 10.6 Å². The Morgan fingerprint density at radius 2 is 1.95 bits per heavy atom. The van der Waals surface area contributed by atoms with Crippen molar-refractivity contribution in [2.75, 3.05) is 24.7 Å². The van der Waals surface area contributed by atoms with E-state index in [0.717, 1.165) is 12.3 Å². The molecule has 0 aromatic heterocycles. The average molecular weight is 286 g/mol. The fourth-order valence-corrected chi connectivity index (χ4v) is 2.49. The molecule has 106 valence electrons. The number of nitrogens with zero attached hydrogens (tertiary/aromatic N) is 2. The van der Waals surface area contributed by atoms with Gasteiger partial charge in [-0.25, -0.2) is 8.42 Å². The van der Waals surface area contributed by atoms with Crippen molar-refractivity contribution in [3.63, 3.8) is 0 Å². The maximum atomic E-state index is 11.4. The molecule has 0 radical (unpaired) electrons. The zero-order chi connectivity index (χ0) is 14.8. The van der Waals surface area contributed by atoms with Crippen LogP contribution >= 0.6 is 0 Å². The van der Waals surface area contributed by atoms with Crippen LogP contribution in [0.3, 0.4) is 0 Å². The van der Waals surface area contributed by atoms with Gasteiger partial charge in [-0.3, -0.25) is 10.1 Å². The largest absolute Gasteiger partial charge is 0.369 e. The van der Waals surface area contributed by atoms with Gasteiger partial charge < -0.3 is 4.90 Å². The summed E-state index contributed by atoms with van der Waals surface area (Å²) in [6.07, 6.45) is 1.03. The van der Waals surface area contributed by atoms with E-state index in [1.54, 1.807) is 11.9 Å². The number of sulfone groups is 1. The Labute approximate surface area is 113 Å². The molecule has 7 heteroatoms. The lowest BCUT2D eigenvalue weighted by atomic mass is 10.2. The molecule has 0 spiro atoms. The second kappa shape index (κ2) is 5.56. The minimum atomic E-state index is -3.45.